The molecule has 2 heterocycles. The standard InChI is InChI=1S/C31H35N3O3/c1-32-22-27(25-11-7-8-12-28(25)32)26(24-13-14-29(36-2)30(19-24)37-3)20-31(35)34-17-15-33(16-18-34)21-23-9-5-4-6-10-23/h4-14,19,22,26H,15-18,20-21H2,1-3H3. The Labute approximate surface area is 219 Å². The molecule has 5 rings (SSSR count). The zero-order chi connectivity index (χ0) is 25.8. The smallest absolute Gasteiger partial charge is 0.223 e. The Morgan fingerprint density at radius 3 is 2.30 bits per heavy atom. The van der Waals surface area contributed by atoms with Gasteiger partial charge in [0.15, 0.2) is 11.5 Å². The van der Waals surface area contributed by atoms with Crippen molar-refractivity contribution in [2.45, 2.75) is 18.9 Å². The maximum Gasteiger partial charge on any atom is 0.223 e. The first-order chi connectivity index (χ1) is 18.1. The van der Waals surface area contributed by atoms with Crippen LogP contribution >= 0.6 is 0 Å². The number of piperazine rings is 1. The summed E-state index contributed by atoms with van der Waals surface area (Å²) in [7, 11) is 5.35. The van der Waals surface area contributed by atoms with E-state index in [1.54, 1.807) is 14.2 Å². The summed E-state index contributed by atoms with van der Waals surface area (Å²) < 4.78 is 13.2. The summed E-state index contributed by atoms with van der Waals surface area (Å²) in [4.78, 5) is 18.1. The number of aryl methyl sites for hydroxylation is 1. The predicted octanol–water partition coefficient (Wildman–Crippen LogP) is 5.06. The Balaban J connectivity index is 1.38. The number of ether oxygens (including phenoxy) is 2. The van der Waals surface area contributed by atoms with Crippen molar-refractivity contribution in [2.24, 2.45) is 7.05 Å². The first kappa shape index (κ1) is 24.9. The summed E-state index contributed by atoms with van der Waals surface area (Å²) in [5, 5.41) is 1.17. The number of methoxy groups -OCH3 is 2. The van der Waals surface area contributed by atoms with Gasteiger partial charge in [-0.15, -0.1) is 0 Å². The van der Waals surface area contributed by atoms with Gasteiger partial charge in [0.2, 0.25) is 5.91 Å². The number of hydrogen-bond donors (Lipinski definition) is 0. The molecule has 37 heavy (non-hydrogen) atoms. The fourth-order valence-corrected chi connectivity index (χ4v) is 5.43. The Morgan fingerprint density at radius 1 is 0.865 bits per heavy atom. The van der Waals surface area contributed by atoms with Crippen molar-refractivity contribution in [3.8, 4) is 11.5 Å². The summed E-state index contributed by atoms with van der Waals surface area (Å²) in [6, 6.07) is 24.9. The molecular weight excluding hydrogens is 462 g/mol. The van der Waals surface area contributed by atoms with Crippen LogP contribution in [0.3, 0.4) is 0 Å². The molecule has 1 fully saturated rings. The van der Waals surface area contributed by atoms with Crippen molar-refractivity contribution in [3.63, 3.8) is 0 Å². The summed E-state index contributed by atoms with van der Waals surface area (Å²) in [6.07, 6.45) is 2.57. The van der Waals surface area contributed by atoms with Gasteiger partial charge in [-0.05, 0) is 34.9 Å². The molecule has 6 heteroatoms. The van der Waals surface area contributed by atoms with E-state index in [1.165, 1.54) is 10.9 Å². The summed E-state index contributed by atoms with van der Waals surface area (Å²) in [6.45, 7) is 4.19. The van der Waals surface area contributed by atoms with Crippen molar-refractivity contribution >= 4 is 16.8 Å². The third kappa shape index (κ3) is 5.35. The van der Waals surface area contributed by atoms with E-state index >= 15 is 0 Å². The molecule has 1 unspecified atom stereocenters. The molecule has 0 aliphatic carbocycles. The lowest BCUT2D eigenvalue weighted by molar-refractivity contribution is -0.133. The van der Waals surface area contributed by atoms with Crippen LogP contribution in [0.5, 0.6) is 11.5 Å². The lowest BCUT2D eigenvalue weighted by atomic mass is 9.87. The highest BCUT2D eigenvalue weighted by molar-refractivity contribution is 5.86. The minimum absolute atomic E-state index is 0.0965. The molecular formula is C31H35N3O3. The van der Waals surface area contributed by atoms with Gasteiger partial charge in [0.25, 0.3) is 0 Å². The average molecular weight is 498 g/mol. The lowest BCUT2D eigenvalue weighted by Gasteiger charge is -2.35. The lowest BCUT2D eigenvalue weighted by Crippen LogP contribution is -2.48. The topological polar surface area (TPSA) is 46.9 Å². The van der Waals surface area contributed by atoms with Gasteiger partial charge in [-0.1, -0.05) is 54.6 Å². The number of benzene rings is 3. The maximum absolute atomic E-state index is 13.7. The first-order valence-corrected chi connectivity index (χ1v) is 12.9. The monoisotopic (exact) mass is 497 g/mol. The van der Waals surface area contributed by atoms with Gasteiger partial charge >= 0.3 is 0 Å². The van der Waals surface area contributed by atoms with Crippen molar-refractivity contribution in [1.29, 1.82) is 0 Å². The Morgan fingerprint density at radius 2 is 1.57 bits per heavy atom. The van der Waals surface area contributed by atoms with Crippen molar-refractivity contribution in [2.75, 3.05) is 40.4 Å². The molecule has 1 saturated heterocycles. The molecule has 1 aliphatic rings. The molecule has 0 radical (unpaired) electrons. The molecule has 1 aromatic heterocycles. The highest BCUT2D eigenvalue weighted by atomic mass is 16.5. The molecule has 192 valence electrons. The summed E-state index contributed by atoms with van der Waals surface area (Å²) in [5.74, 6) is 1.45. The van der Waals surface area contributed by atoms with Gasteiger partial charge in [-0.3, -0.25) is 9.69 Å². The molecule has 0 bridgehead atoms. The van der Waals surface area contributed by atoms with Crippen molar-refractivity contribution < 1.29 is 14.3 Å². The van der Waals surface area contributed by atoms with Crippen LogP contribution in [-0.4, -0.2) is 60.7 Å². The molecule has 3 aromatic carbocycles. The second-order valence-electron chi connectivity index (χ2n) is 9.73. The molecule has 0 spiro atoms. The van der Waals surface area contributed by atoms with Crippen molar-refractivity contribution in [3.05, 3.63) is 95.7 Å². The third-order valence-electron chi connectivity index (χ3n) is 7.47. The number of hydrogen-bond acceptors (Lipinski definition) is 4. The molecule has 1 aliphatic heterocycles. The number of para-hydroxylation sites is 1. The number of rotatable bonds is 8. The van der Waals surface area contributed by atoms with E-state index in [0.29, 0.717) is 17.9 Å². The minimum atomic E-state index is -0.0965. The Bertz CT molecular complexity index is 1360. The predicted molar refractivity (Wildman–Crippen MR) is 147 cm³/mol. The second kappa shape index (κ2) is 11.1. The molecule has 0 saturated carbocycles. The van der Waals surface area contributed by atoms with Crippen LogP contribution in [0.25, 0.3) is 10.9 Å². The van der Waals surface area contributed by atoms with Crippen LogP contribution in [0, 0.1) is 0 Å². The zero-order valence-electron chi connectivity index (χ0n) is 21.9. The highest BCUT2D eigenvalue weighted by Crippen LogP contribution is 2.38. The average Bonchev–Trinajstić information content (AvgIpc) is 3.28. The SMILES string of the molecule is COc1ccc(C(CC(=O)N2CCN(Cc3ccccc3)CC2)c2cn(C)c3ccccc23)cc1OC. The minimum Gasteiger partial charge on any atom is -0.493 e. The van der Waals surface area contributed by atoms with Crippen molar-refractivity contribution in [1.82, 2.24) is 14.4 Å². The normalized spacial score (nSPS) is 15.1. The third-order valence-corrected chi connectivity index (χ3v) is 7.47. The second-order valence-corrected chi connectivity index (χ2v) is 9.73. The van der Waals surface area contributed by atoms with E-state index in [0.717, 1.165) is 49.4 Å². The first-order valence-electron chi connectivity index (χ1n) is 12.9. The molecule has 1 atom stereocenters. The molecule has 6 nitrogen and oxygen atoms in total. The van der Waals surface area contributed by atoms with Gasteiger partial charge < -0.3 is 18.9 Å². The van der Waals surface area contributed by atoms with Crippen LogP contribution in [-0.2, 0) is 18.4 Å². The Hall–Kier alpha value is -3.77. The number of amides is 1. The summed E-state index contributed by atoms with van der Waals surface area (Å²) in [5.41, 5.74) is 4.67. The molecule has 1 amide bonds. The zero-order valence-corrected chi connectivity index (χ0v) is 21.9. The van der Waals surface area contributed by atoms with Crippen LogP contribution in [0.15, 0.2) is 79.0 Å². The van der Waals surface area contributed by atoms with Gasteiger partial charge in [0, 0.05) is 69.2 Å². The molecule has 4 aromatic rings. The maximum atomic E-state index is 13.7. The Kier molecular flexibility index (Phi) is 7.47. The van der Waals surface area contributed by atoms with Crippen LogP contribution in [0.1, 0.15) is 29.0 Å². The number of nitrogens with zero attached hydrogens (tertiary/aromatic N) is 3. The van der Waals surface area contributed by atoms with E-state index in [1.807, 2.05) is 23.1 Å². The number of carbonyl (C=O) groups is 1. The van der Waals surface area contributed by atoms with Gasteiger partial charge in [-0.2, -0.15) is 0 Å². The molecule has 0 N–H and O–H groups in total. The fourth-order valence-electron chi connectivity index (χ4n) is 5.43. The summed E-state index contributed by atoms with van der Waals surface area (Å²) >= 11 is 0. The van der Waals surface area contributed by atoms with E-state index in [2.05, 4.69) is 77.3 Å². The van der Waals surface area contributed by atoms with Crippen LogP contribution in [0.2, 0.25) is 0 Å². The van der Waals surface area contributed by atoms with Crippen LogP contribution < -0.4 is 9.47 Å². The van der Waals surface area contributed by atoms with Crippen LogP contribution in [0.4, 0.5) is 0 Å². The fraction of sp³-hybridized carbons (Fsp3) is 0.323. The number of carbonyl (C=O) groups excluding carboxylic acids is 1. The van der Waals surface area contributed by atoms with E-state index in [4.69, 9.17) is 9.47 Å². The van der Waals surface area contributed by atoms with E-state index < -0.39 is 0 Å². The quantitative estimate of drug-likeness (QED) is 0.341. The van der Waals surface area contributed by atoms with Gasteiger partial charge in [-0.25, -0.2) is 0 Å². The van der Waals surface area contributed by atoms with E-state index in [-0.39, 0.29) is 11.8 Å². The highest BCUT2D eigenvalue weighted by Gasteiger charge is 2.28. The van der Waals surface area contributed by atoms with Gasteiger partial charge in [0.05, 0.1) is 14.2 Å². The number of fused-ring (bicyclic) bond motifs is 1. The van der Waals surface area contributed by atoms with Gasteiger partial charge in [0.1, 0.15) is 0 Å². The number of aromatic nitrogens is 1. The van der Waals surface area contributed by atoms with E-state index in [9.17, 15) is 4.79 Å². The largest absolute Gasteiger partial charge is 0.493 e.